The van der Waals surface area contributed by atoms with Gasteiger partial charge in [-0.1, -0.05) is 41.6 Å². The number of nitrogens with two attached hydrogens (primary N) is 1. The maximum atomic E-state index is 6.09. The van der Waals surface area contributed by atoms with E-state index in [1.165, 1.54) is 0 Å². The van der Waals surface area contributed by atoms with Crippen molar-refractivity contribution in [3.63, 3.8) is 0 Å². The fraction of sp³-hybridized carbons (Fsp3) is 0.0769. The van der Waals surface area contributed by atoms with Gasteiger partial charge in [-0.2, -0.15) is 0 Å². The Labute approximate surface area is 105 Å². The molecule has 2 rings (SSSR count). The van der Waals surface area contributed by atoms with E-state index in [4.69, 9.17) is 17.3 Å². The second-order valence-electron chi connectivity index (χ2n) is 3.55. The summed E-state index contributed by atoms with van der Waals surface area (Å²) >= 11 is 7.72. The number of hydrogen-bond acceptors (Lipinski definition) is 2. The van der Waals surface area contributed by atoms with Crippen LogP contribution in [0.4, 0.5) is 5.69 Å². The summed E-state index contributed by atoms with van der Waals surface area (Å²) in [7, 11) is 0. The van der Waals surface area contributed by atoms with Crippen molar-refractivity contribution in [3.8, 4) is 0 Å². The quantitative estimate of drug-likeness (QED) is 0.800. The fourth-order valence-electron chi connectivity index (χ4n) is 1.34. The van der Waals surface area contributed by atoms with E-state index in [-0.39, 0.29) is 0 Å². The van der Waals surface area contributed by atoms with Gasteiger partial charge in [0, 0.05) is 15.5 Å². The van der Waals surface area contributed by atoms with Gasteiger partial charge >= 0.3 is 0 Å². The van der Waals surface area contributed by atoms with E-state index in [0.29, 0.717) is 0 Å². The number of anilines is 1. The molecule has 0 aromatic heterocycles. The smallest absolute Gasteiger partial charge is 0.0545 e. The Bertz CT molecular complexity index is 511. The van der Waals surface area contributed by atoms with Crippen molar-refractivity contribution in [1.29, 1.82) is 0 Å². The zero-order valence-electron chi connectivity index (χ0n) is 8.91. The zero-order valence-corrected chi connectivity index (χ0v) is 10.5. The minimum absolute atomic E-state index is 0.770. The van der Waals surface area contributed by atoms with Gasteiger partial charge in [-0.25, -0.2) is 0 Å². The summed E-state index contributed by atoms with van der Waals surface area (Å²) in [6.45, 7) is 2.00. The molecule has 16 heavy (non-hydrogen) atoms. The van der Waals surface area contributed by atoms with Gasteiger partial charge in [0.2, 0.25) is 0 Å². The highest BCUT2D eigenvalue weighted by Gasteiger charge is 2.02. The van der Waals surface area contributed by atoms with Crippen LogP contribution < -0.4 is 5.73 Å². The van der Waals surface area contributed by atoms with Crippen molar-refractivity contribution in [2.45, 2.75) is 16.7 Å². The highest BCUT2D eigenvalue weighted by molar-refractivity contribution is 7.99. The van der Waals surface area contributed by atoms with Gasteiger partial charge in [-0.05, 0) is 36.8 Å². The highest BCUT2D eigenvalue weighted by Crippen LogP contribution is 2.34. The molecule has 0 aliphatic heterocycles. The van der Waals surface area contributed by atoms with Crippen LogP contribution in [-0.4, -0.2) is 0 Å². The summed E-state index contributed by atoms with van der Waals surface area (Å²) in [5, 5.41) is 0.770. The van der Waals surface area contributed by atoms with Gasteiger partial charge < -0.3 is 5.73 Å². The average Bonchev–Trinajstić information content (AvgIpc) is 2.27. The molecule has 0 saturated heterocycles. The molecule has 0 heterocycles. The highest BCUT2D eigenvalue weighted by atomic mass is 35.5. The third-order valence-corrected chi connectivity index (χ3v) is 3.82. The molecule has 2 aromatic rings. The molecule has 3 heteroatoms. The Hall–Kier alpha value is -1.12. The van der Waals surface area contributed by atoms with Crippen molar-refractivity contribution in [2.75, 3.05) is 5.73 Å². The minimum atomic E-state index is 0.770. The fourth-order valence-corrected chi connectivity index (χ4v) is 2.48. The average molecular weight is 250 g/mol. The lowest BCUT2D eigenvalue weighted by atomic mass is 10.2. The molecular formula is C13H12ClNS. The van der Waals surface area contributed by atoms with Gasteiger partial charge in [0.15, 0.2) is 0 Å². The number of aryl methyl sites for hydroxylation is 1. The maximum absolute atomic E-state index is 6.09. The summed E-state index contributed by atoms with van der Waals surface area (Å²) in [4.78, 5) is 2.16. The van der Waals surface area contributed by atoms with Crippen LogP contribution in [-0.2, 0) is 0 Å². The number of hydrogen-bond donors (Lipinski definition) is 1. The first kappa shape index (κ1) is 11.4. The summed E-state index contributed by atoms with van der Waals surface area (Å²) in [6.07, 6.45) is 0. The van der Waals surface area contributed by atoms with E-state index in [0.717, 1.165) is 26.1 Å². The van der Waals surface area contributed by atoms with Crippen LogP contribution in [0.5, 0.6) is 0 Å². The lowest BCUT2D eigenvalue weighted by molar-refractivity contribution is 1.36. The molecule has 0 saturated carbocycles. The van der Waals surface area contributed by atoms with Crippen molar-refractivity contribution in [1.82, 2.24) is 0 Å². The molecule has 0 aliphatic carbocycles. The van der Waals surface area contributed by atoms with Crippen LogP contribution in [0, 0.1) is 6.92 Å². The van der Waals surface area contributed by atoms with Gasteiger partial charge in [0.25, 0.3) is 0 Å². The molecule has 2 aromatic carbocycles. The van der Waals surface area contributed by atoms with Gasteiger partial charge in [-0.15, -0.1) is 0 Å². The van der Waals surface area contributed by atoms with E-state index in [1.807, 2.05) is 43.3 Å². The Morgan fingerprint density at radius 1 is 1.12 bits per heavy atom. The lowest BCUT2D eigenvalue weighted by Gasteiger charge is -2.06. The van der Waals surface area contributed by atoms with Crippen LogP contribution in [0.15, 0.2) is 52.3 Å². The summed E-state index contributed by atoms with van der Waals surface area (Å²) in [5.41, 5.74) is 7.78. The number of benzene rings is 2. The topological polar surface area (TPSA) is 26.0 Å². The van der Waals surface area contributed by atoms with Crippen molar-refractivity contribution < 1.29 is 0 Å². The molecule has 82 valence electrons. The first-order valence-corrected chi connectivity index (χ1v) is 6.15. The zero-order chi connectivity index (χ0) is 11.5. The first-order chi connectivity index (χ1) is 7.66. The molecular weight excluding hydrogens is 238 g/mol. The second kappa shape index (κ2) is 4.81. The van der Waals surface area contributed by atoms with Crippen LogP contribution in [0.25, 0.3) is 0 Å². The lowest BCUT2D eigenvalue weighted by Crippen LogP contribution is -1.88. The molecule has 0 amide bonds. The molecule has 0 unspecified atom stereocenters. The standard InChI is InChI=1S/C13H12ClNS/c1-9-6-7-10(8-12(9)15)16-13-5-3-2-4-11(13)14/h2-8H,15H2,1H3. The van der Waals surface area contributed by atoms with Crippen molar-refractivity contribution >= 4 is 29.1 Å². The minimum Gasteiger partial charge on any atom is -0.398 e. The molecule has 1 nitrogen and oxygen atoms in total. The van der Waals surface area contributed by atoms with E-state index >= 15 is 0 Å². The normalized spacial score (nSPS) is 10.4. The maximum Gasteiger partial charge on any atom is 0.0545 e. The summed E-state index contributed by atoms with van der Waals surface area (Å²) in [5.74, 6) is 0. The Morgan fingerprint density at radius 2 is 1.88 bits per heavy atom. The van der Waals surface area contributed by atoms with Crippen LogP contribution in [0.1, 0.15) is 5.56 Å². The van der Waals surface area contributed by atoms with E-state index in [1.54, 1.807) is 11.8 Å². The molecule has 0 bridgehead atoms. The third-order valence-electron chi connectivity index (χ3n) is 2.32. The van der Waals surface area contributed by atoms with Crippen molar-refractivity contribution in [2.24, 2.45) is 0 Å². The van der Waals surface area contributed by atoms with Crippen LogP contribution in [0.2, 0.25) is 5.02 Å². The van der Waals surface area contributed by atoms with Crippen LogP contribution >= 0.6 is 23.4 Å². The van der Waals surface area contributed by atoms with Crippen LogP contribution in [0.3, 0.4) is 0 Å². The first-order valence-electron chi connectivity index (χ1n) is 4.95. The van der Waals surface area contributed by atoms with Gasteiger partial charge in [0.05, 0.1) is 5.02 Å². The molecule has 0 aliphatic rings. The predicted octanol–water partition coefficient (Wildman–Crippen LogP) is 4.38. The van der Waals surface area contributed by atoms with E-state index in [2.05, 4.69) is 6.07 Å². The molecule has 0 radical (unpaired) electrons. The second-order valence-corrected chi connectivity index (χ2v) is 5.07. The summed E-state index contributed by atoms with van der Waals surface area (Å²) in [6, 6.07) is 13.9. The molecule has 2 N–H and O–H groups in total. The Kier molecular flexibility index (Phi) is 3.42. The molecule has 0 spiro atoms. The largest absolute Gasteiger partial charge is 0.398 e. The Balaban J connectivity index is 2.28. The SMILES string of the molecule is Cc1ccc(Sc2ccccc2Cl)cc1N. The number of halogens is 1. The third kappa shape index (κ3) is 2.52. The van der Waals surface area contributed by atoms with Crippen molar-refractivity contribution in [3.05, 3.63) is 53.1 Å². The number of rotatable bonds is 2. The van der Waals surface area contributed by atoms with Gasteiger partial charge in [-0.3, -0.25) is 0 Å². The molecule has 0 fully saturated rings. The predicted molar refractivity (Wildman–Crippen MR) is 71.2 cm³/mol. The monoisotopic (exact) mass is 249 g/mol. The summed E-state index contributed by atoms with van der Waals surface area (Å²) < 4.78 is 0. The van der Waals surface area contributed by atoms with E-state index in [9.17, 15) is 0 Å². The number of nitrogen functional groups attached to an aromatic ring is 1. The van der Waals surface area contributed by atoms with Gasteiger partial charge in [0.1, 0.15) is 0 Å². The van der Waals surface area contributed by atoms with E-state index < -0.39 is 0 Å². The Morgan fingerprint density at radius 3 is 2.56 bits per heavy atom. The molecule has 0 atom stereocenters.